The van der Waals surface area contributed by atoms with Crippen LogP contribution in [0.3, 0.4) is 0 Å². The Morgan fingerprint density at radius 1 is 1.56 bits per heavy atom. The highest BCUT2D eigenvalue weighted by atomic mass is 32.2. The molecule has 0 aliphatic carbocycles. The number of thioether (sulfide) groups is 1. The predicted molar refractivity (Wildman–Crippen MR) is 68.5 cm³/mol. The number of nitrogens with two attached hydrogens (primary N) is 1. The SMILES string of the molecule is CC1CN(C2(CN)CCS(=O)(=O)C2)CCS1. The number of sulfone groups is 1. The molecule has 6 heteroatoms. The maximum Gasteiger partial charge on any atom is 0.152 e. The third kappa shape index (κ3) is 2.39. The van der Waals surface area contributed by atoms with Gasteiger partial charge in [-0.3, -0.25) is 4.90 Å². The van der Waals surface area contributed by atoms with Crippen LogP contribution in [-0.2, 0) is 9.84 Å². The zero-order valence-corrected chi connectivity index (χ0v) is 11.3. The van der Waals surface area contributed by atoms with Gasteiger partial charge >= 0.3 is 0 Å². The number of nitrogens with zero attached hydrogens (tertiary/aromatic N) is 1. The molecule has 2 heterocycles. The molecule has 0 aromatic rings. The molecule has 2 unspecified atom stereocenters. The van der Waals surface area contributed by atoms with Crippen LogP contribution in [0, 0.1) is 0 Å². The van der Waals surface area contributed by atoms with Crippen LogP contribution >= 0.6 is 11.8 Å². The van der Waals surface area contributed by atoms with Gasteiger partial charge in [0.2, 0.25) is 0 Å². The Hall–Kier alpha value is 0.220. The molecule has 0 amide bonds. The van der Waals surface area contributed by atoms with Crippen molar-refractivity contribution in [1.29, 1.82) is 0 Å². The zero-order chi connectivity index (χ0) is 11.8. The van der Waals surface area contributed by atoms with Crippen molar-refractivity contribution >= 4 is 21.6 Å². The molecule has 2 saturated heterocycles. The summed E-state index contributed by atoms with van der Waals surface area (Å²) in [5.41, 5.74) is 5.58. The van der Waals surface area contributed by atoms with E-state index in [0.29, 0.717) is 24.0 Å². The van der Waals surface area contributed by atoms with Crippen molar-refractivity contribution in [3.8, 4) is 0 Å². The molecule has 0 bridgehead atoms. The highest BCUT2D eigenvalue weighted by Crippen LogP contribution is 2.32. The normalized spacial score (nSPS) is 40.0. The first-order chi connectivity index (χ1) is 7.47. The molecular formula is C10H20N2O2S2. The van der Waals surface area contributed by atoms with Gasteiger partial charge in [0, 0.05) is 36.2 Å². The molecule has 2 aliphatic heterocycles. The van der Waals surface area contributed by atoms with Crippen LogP contribution in [-0.4, -0.2) is 61.0 Å². The van der Waals surface area contributed by atoms with Crippen LogP contribution in [0.4, 0.5) is 0 Å². The van der Waals surface area contributed by atoms with E-state index in [-0.39, 0.29) is 11.3 Å². The summed E-state index contributed by atoms with van der Waals surface area (Å²) in [6.45, 7) is 4.60. The van der Waals surface area contributed by atoms with Crippen molar-refractivity contribution in [3.63, 3.8) is 0 Å². The molecule has 94 valence electrons. The van der Waals surface area contributed by atoms with Gasteiger partial charge in [-0.1, -0.05) is 6.92 Å². The van der Waals surface area contributed by atoms with Gasteiger partial charge in [-0.2, -0.15) is 11.8 Å². The Morgan fingerprint density at radius 3 is 2.81 bits per heavy atom. The lowest BCUT2D eigenvalue weighted by Gasteiger charge is -2.43. The first kappa shape index (κ1) is 12.7. The molecule has 16 heavy (non-hydrogen) atoms. The fourth-order valence-corrected chi connectivity index (χ4v) is 5.80. The Balaban J connectivity index is 2.16. The van der Waals surface area contributed by atoms with Crippen LogP contribution in [0.1, 0.15) is 13.3 Å². The molecule has 0 saturated carbocycles. The molecule has 2 aliphatic rings. The van der Waals surface area contributed by atoms with Crippen molar-refractivity contribution in [2.24, 2.45) is 5.73 Å². The quantitative estimate of drug-likeness (QED) is 0.757. The monoisotopic (exact) mass is 264 g/mol. The Labute approximate surface area is 102 Å². The molecule has 0 radical (unpaired) electrons. The van der Waals surface area contributed by atoms with Crippen molar-refractivity contribution in [2.75, 3.05) is 36.9 Å². The summed E-state index contributed by atoms with van der Waals surface area (Å²) in [4.78, 5) is 2.32. The standard InChI is InChI=1S/C10H20N2O2S2/c1-9-6-12(3-4-15-9)10(7-11)2-5-16(13,14)8-10/h9H,2-8,11H2,1H3. The second-order valence-electron chi connectivity index (χ2n) is 4.90. The molecule has 2 rings (SSSR count). The van der Waals surface area contributed by atoms with Crippen molar-refractivity contribution in [3.05, 3.63) is 0 Å². The average Bonchev–Trinajstić information content (AvgIpc) is 2.56. The number of hydrogen-bond acceptors (Lipinski definition) is 5. The van der Waals surface area contributed by atoms with Crippen molar-refractivity contribution < 1.29 is 8.42 Å². The average molecular weight is 264 g/mol. The van der Waals surface area contributed by atoms with E-state index in [0.717, 1.165) is 18.8 Å². The first-order valence-electron chi connectivity index (χ1n) is 5.75. The largest absolute Gasteiger partial charge is 0.329 e. The van der Waals surface area contributed by atoms with E-state index >= 15 is 0 Å². The lowest BCUT2D eigenvalue weighted by molar-refractivity contribution is 0.122. The zero-order valence-electron chi connectivity index (χ0n) is 9.68. The summed E-state index contributed by atoms with van der Waals surface area (Å²) in [5.74, 6) is 1.65. The van der Waals surface area contributed by atoms with Gasteiger partial charge in [0.25, 0.3) is 0 Å². The van der Waals surface area contributed by atoms with Crippen LogP contribution in [0.2, 0.25) is 0 Å². The minimum absolute atomic E-state index is 0.258. The third-order valence-electron chi connectivity index (χ3n) is 3.66. The molecule has 2 atom stereocenters. The molecule has 0 aromatic heterocycles. The van der Waals surface area contributed by atoms with E-state index in [9.17, 15) is 8.42 Å². The maximum absolute atomic E-state index is 11.6. The van der Waals surface area contributed by atoms with Gasteiger partial charge < -0.3 is 5.73 Å². The summed E-state index contributed by atoms with van der Waals surface area (Å²) in [5, 5.41) is 0.584. The van der Waals surface area contributed by atoms with Gasteiger partial charge in [-0.05, 0) is 6.42 Å². The van der Waals surface area contributed by atoms with Crippen molar-refractivity contribution in [2.45, 2.75) is 24.1 Å². The van der Waals surface area contributed by atoms with Crippen LogP contribution in [0.15, 0.2) is 0 Å². The summed E-state index contributed by atoms with van der Waals surface area (Å²) in [6, 6.07) is 0. The van der Waals surface area contributed by atoms with Crippen LogP contribution in [0.5, 0.6) is 0 Å². The number of rotatable bonds is 2. The van der Waals surface area contributed by atoms with Gasteiger partial charge in [-0.15, -0.1) is 0 Å². The summed E-state index contributed by atoms with van der Waals surface area (Å²) in [7, 11) is -2.86. The van der Waals surface area contributed by atoms with E-state index in [1.807, 2.05) is 11.8 Å². The fourth-order valence-electron chi connectivity index (χ4n) is 2.69. The van der Waals surface area contributed by atoms with Crippen LogP contribution in [0.25, 0.3) is 0 Å². The summed E-state index contributed by atoms with van der Waals surface area (Å²) in [6.07, 6.45) is 0.712. The van der Waals surface area contributed by atoms with Gasteiger partial charge in [0.1, 0.15) is 0 Å². The van der Waals surface area contributed by atoms with Gasteiger partial charge in [0.15, 0.2) is 9.84 Å². The van der Waals surface area contributed by atoms with E-state index < -0.39 is 9.84 Å². The minimum atomic E-state index is -2.86. The highest BCUT2D eigenvalue weighted by molar-refractivity contribution is 8.00. The molecule has 0 spiro atoms. The molecule has 4 nitrogen and oxygen atoms in total. The van der Waals surface area contributed by atoms with E-state index in [1.54, 1.807) is 0 Å². The number of hydrogen-bond donors (Lipinski definition) is 1. The molecule has 0 aromatic carbocycles. The molecule has 2 fully saturated rings. The smallest absolute Gasteiger partial charge is 0.152 e. The first-order valence-corrected chi connectivity index (χ1v) is 8.62. The van der Waals surface area contributed by atoms with E-state index in [4.69, 9.17) is 5.73 Å². The Bertz CT molecular complexity index is 358. The molecule has 2 N–H and O–H groups in total. The van der Waals surface area contributed by atoms with Gasteiger partial charge in [-0.25, -0.2) is 8.42 Å². The summed E-state index contributed by atoms with van der Waals surface area (Å²) < 4.78 is 23.3. The topological polar surface area (TPSA) is 63.4 Å². The fraction of sp³-hybridized carbons (Fsp3) is 1.00. The Kier molecular flexibility index (Phi) is 3.55. The lowest BCUT2D eigenvalue weighted by Crippen LogP contribution is -2.58. The highest BCUT2D eigenvalue weighted by Gasteiger charge is 2.46. The Morgan fingerprint density at radius 2 is 2.31 bits per heavy atom. The predicted octanol–water partition coefficient (Wildman–Crippen LogP) is -0.0603. The van der Waals surface area contributed by atoms with Gasteiger partial charge in [0.05, 0.1) is 11.5 Å². The van der Waals surface area contributed by atoms with E-state index in [1.165, 1.54) is 0 Å². The minimum Gasteiger partial charge on any atom is -0.329 e. The maximum atomic E-state index is 11.6. The third-order valence-corrected chi connectivity index (χ3v) is 6.60. The van der Waals surface area contributed by atoms with Crippen LogP contribution < -0.4 is 5.73 Å². The van der Waals surface area contributed by atoms with E-state index in [2.05, 4.69) is 11.8 Å². The molecular weight excluding hydrogens is 244 g/mol. The van der Waals surface area contributed by atoms with Crippen molar-refractivity contribution in [1.82, 2.24) is 4.90 Å². The second-order valence-corrected chi connectivity index (χ2v) is 8.63. The lowest BCUT2D eigenvalue weighted by atomic mass is 9.96. The second kappa shape index (κ2) is 4.48. The summed E-state index contributed by atoms with van der Waals surface area (Å²) >= 11 is 1.96.